The molecule has 0 fully saturated rings. The summed E-state index contributed by atoms with van der Waals surface area (Å²) in [6, 6.07) is 6.08. The molecule has 0 bridgehead atoms. The second-order valence-electron chi connectivity index (χ2n) is 4.45. The van der Waals surface area contributed by atoms with Crippen molar-refractivity contribution in [2.24, 2.45) is 0 Å². The van der Waals surface area contributed by atoms with Gasteiger partial charge in [-0.3, -0.25) is 0 Å². The molecular weight excluding hydrogens is 358 g/mol. The lowest BCUT2D eigenvalue weighted by Crippen LogP contribution is -2.03. The Balaban J connectivity index is 2.06. The van der Waals surface area contributed by atoms with Crippen molar-refractivity contribution in [1.29, 1.82) is 0 Å². The van der Waals surface area contributed by atoms with Crippen molar-refractivity contribution in [3.05, 3.63) is 44.6 Å². The minimum atomic E-state index is 0.401. The number of nitrogens with zero attached hydrogens (tertiary/aromatic N) is 3. The van der Waals surface area contributed by atoms with Crippen LogP contribution in [0.15, 0.2) is 28.9 Å². The lowest BCUT2D eigenvalue weighted by Gasteiger charge is -2.05. The van der Waals surface area contributed by atoms with Gasteiger partial charge < -0.3 is 4.57 Å². The number of hydrogen-bond donors (Lipinski definition) is 0. The molecule has 0 radical (unpaired) electrons. The molecule has 0 atom stereocenters. The second kappa shape index (κ2) is 5.84. The van der Waals surface area contributed by atoms with E-state index in [0.29, 0.717) is 5.88 Å². The summed E-state index contributed by atoms with van der Waals surface area (Å²) in [5.41, 5.74) is 2.05. The Bertz CT molecular complexity index is 750. The maximum absolute atomic E-state index is 6.03. The van der Waals surface area contributed by atoms with Gasteiger partial charge in [0.05, 0.1) is 23.5 Å². The Hall–Kier alpha value is -0.910. The van der Waals surface area contributed by atoms with E-state index in [9.17, 15) is 0 Å². The van der Waals surface area contributed by atoms with E-state index in [1.165, 1.54) is 4.88 Å². The summed E-state index contributed by atoms with van der Waals surface area (Å²) >= 11 is 11.3. The fourth-order valence-corrected chi connectivity index (χ4v) is 3.55. The topological polar surface area (TPSA) is 30.7 Å². The van der Waals surface area contributed by atoms with E-state index in [4.69, 9.17) is 11.6 Å². The van der Waals surface area contributed by atoms with Crippen molar-refractivity contribution in [1.82, 2.24) is 14.5 Å². The normalized spacial score (nSPS) is 11.3. The van der Waals surface area contributed by atoms with Gasteiger partial charge in [-0.05, 0) is 24.6 Å². The van der Waals surface area contributed by atoms with Gasteiger partial charge in [-0.2, -0.15) is 0 Å². The number of imidazole rings is 1. The third-order valence-corrected chi connectivity index (χ3v) is 5.01. The quantitative estimate of drug-likeness (QED) is 0.628. The first-order valence-corrected chi connectivity index (χ1v) is 8.50. The second-order valence-corrected chi connectivity index (χ2v) is 6.84. The lowest BCUT2D eigenvalue weighted by molar-refractivity contribution is 0.773. The highest BCUT2D eigenvalue weighted by Gasteiger charge is 2.12. The van der Waals surface area contributed by atoms with E-state index in [0.717, 1.165) is 39.3 Å². The smallest absolute Gasteiger partial charge is 0.125 e. The van der Waals surface area contributed by atoms with Crippen LogP contribution in [0.3, 0.4) is 0 Å². The highest BCUT2D eigenvalue weighted by molar-refractivity contribution is 9.10. The largest absolute Gasteiger partial charge is 0.320 e. The fourth-order valence-electron chi connectivity index (χ4n) is 2.14. The zero-order chi connectivity index (χ0) is 14.1. The van der Waals surface area contributed by atoms with Crippen molar-refractivity contribution in [3.8, 4) is 0 Å². The number of thiazole rings is 1. The van der Waals surface area contributed by atoms with Crippen LogP contribution < -0.4 is 0 Å². The van der Waals surface area contributed by atoms with Crippen LogP contribution in [0.1, 0.15) is 22.6 Å². The molecule has 2 aromatic heterocycles. The molecule has 3 rings (SSSR count). The van der Waals surface area contributed by atoms with Gasteiger partial charge in [0.1, 0.15) is 10.8 Å². The maximum Gasteiger partial charge on any atom is 0.125 e. The van der Waals surface area contributed by atoms with Crippen molar-refractivity contribution >= 4 is 49.9 Å². The Morgan fingerprint density at radius 2 is 2.25 bits per heavy atom. The highest BCUT2D eigenvalue weighted by Crippen LogP contribution is 2.24. The monoisotopic (exact) mass is 369 g/mol. The zero-order valence-electron chi connectivity index (χ0n) is 10.9. The number of fused-ring (bicyclic) bond motifs is 1. The van der Waals surface area contributed by atoms with Gasteiger partial charge in [-0.1, -0.05) is 22.9 Å². The van der Waals surface area contributed by atoms with Crippen LogP contribution in [-0.2, 0) is 18.8 Å². The van der Waals surface area contributed by atoms with Crippen LogP contribution in [-0.4, -0.2) is 14.5 Å². The van der Waals surface area contributed by atoms with Crippen molar-refractivity contribution in [2.45, 2.75) is 25.8 Å². The molecule has 0 aliphatic carbocycles. The molecule has 0 aliphatic rings. The van der Waals surface area contributed by atoms with Crippen LogP contribution in [0, 0.1) is 0 Å². The predicted octanol–water partition coefficient (Wildman–Crippen LogP) is 4.60. The molecule has 0 saturated carbocycles. The number of hydrogen-bond acceptors (Lipinski definition) is 3. The Morgan fingerprint density at radius 3 is 2.95 bits per heavy atom. The van der Waals surface area contributed by atoms with E-state index in [1.54, 1.807) is 11.3 Å². The summed E-state index contributed by atoms with van der Waals surface area (Å²) in [4.78, 5) is 10.4. The van der Waals surface area contributed by atoms with Crippen LogP contribution in [0.4, 0.5) is 0 Å². The molecule has 0 saturated heterocycles. The first-order chi connectivity index (χ1) is 9.71. The number of halogens is 2. The van der Waals surface area contributed by atoms with Gasteiger partial charge >= 0.3 is 0 Å². The number of benzene rings is 1. The SMILES string of the molecule is CCc1cnc(Cn2c(CCl)nc3ccc(Br)cc32)s1. The lowest BCUT2D eigenvalue weighted by atomic mass is 10.3. The number of alkyl halides is 1. The van der Waals surface area contributed by atoms with Crippen LogP contribution in [0.5, 0.6) is 0 Å². The average Bonchev–Trinajstić information content (AvgIpc) is 3.04. The molecule has 0 spiro atoms. The van der Waals surface area contributed by atoms with Gasteiger partial charge in [0.15, 0.2) is 0 Å². The maximum atomic E-state index is 6.03. The van der Waals surface area contributed by atoms with Crippen molar-refractivity contribution < 1.29 is 0 Å². The van der Waals surface area contributed by atoms with Gasteiger partial charge in [-0.15, -0.1) is 22.9 Å². The van der Waals surface area contributed by atoms with E-state index >= 15 is 0 Å². The molecule has 104 valence electrons. The minimum absolute atomic E-state index is 0.401. The van der Waals surface area contributed by atoms with E-state index in [-0.39, 0.29) is 0 Å². The number of aryl methyl sites for hydroxylation is 1. The molecule has 0 aliphatic heterocycles. The van der Waals surface area contributed by atoms with Gasteiger partial charge in [0, 0.05) is 15.5 Å². The van der Waals surface area contributed by atoms with Crippen LogP contribution in [0.25, 0.3) is 11.0 Å². The van der Waals surface area contributed by atoms with Gasteiger partial charge in [0.2, 0.25) is 0 Å². The van der Waals surface area contributed by atoms with E-state index in [1.807, 2.05) is 18.3 Å². The molecule has 3 aromatic rings. The third kappa shape index (κ3) is 2.62. The molecule has 6 heteroatoms. The molecule has 2 heterocycles. The predicted molar refractivity (Wildman–Crippen MR) is 87.6 cm³/mol. The molecule has 0 N–H and O–H groups in total. The van der Waals surface area contributed by atoms with E-state index in [2.05, 4.69) is 43.5 Å². The molecule has 1 aromatic carbocycles. The zero-order valence-corrected chi connectivity index (χ0v) is 14.1. The molecule has 0 amide bonds. The Labute approximate surface area is 134 Å². The summed E-state index contributed by atoms with van der Waals surface area (Å²) in [7, 11) is 0. The van der Waals surface area contributed by atoms with Crippen molar-refractivity contribution in [2.75, 3.05) is 0 Å². The summed E-state index contributed by atoms with van der Waals surface area (Å²) in [6.45, 7) is 2.87. The Morgan fingerprint density at radius 1 is 1.40 bits per heavy atom. The summed E-state index contributed by atoms with van der Waals surface area (Å²) in [5, 5.41) is 1.09. The standard InChI is InChI=1S/C14H13BrClN3S/c1-2-10-7-17-14(20-10)8-19-12-5-9(15)3-4-11(12)18-13(19)6-16/h3-5,7H,2,6,8H2,1H3. The fraction of sp³-hybridized carbons (Fsp3) is 0.286. The van der Waals surface area contributed by atoms with Crippen LogP contribution in [0.2, 0.25) is 0 Å². The molecule has 20 heavy (non-hydrogen) atoms. The first kappa shape index (κ1) is 14.0. The molecule has 0 unspecified atom stereocenters. The summed E-state index contributed by atoms with van der Waals surface area (Å²) in [6.07, 6.45) is 2.98. The molecule has 3 nitrogen and oxygen atoms in total. The highest BCUT2D eigenvalue weighted by atomic mass is 79.9. The van der Waals surface area contributed by atoms with E-state index < -0.39 is 0 Å². The minimum Gasteiger partial charge on any atom is -0.320 e. The molecular formula is C14H13BrClN3S. The summed E-state index contributed by atoms with van der Waals surface area (Å²) in [5.74, 6) is 1.28. The first-order valence-electron chi connectivity index (χ1n) is 6.35. The third-order valence-electron chi connectivity index (χ3n) is 3.15. The van der Waals surface area contributed by atoms with Crippen molar-refractivity contribution in [3.63, 3.8) is 0 Å². The number of rotatable bonds is 4. The Kier molecular flexibility index (Phi) is 4.10. The summed E-state index contributed by atoms with van der Waals surface area (Å²) < 4.78 is 3.19. The number of aromatic nitrogens is 3. The van der Waals surface area contributed by atoms with Crippen LogP contribution >= 0.6 is 38.9 Å². The average molecular weight is 371 g/mol. The van der Waals surface area contributed by atoms with Gasteiger partial charge in [0.25, 0.3) is 0 Å². The van der Waals surface area contributed by atoms with Gasteiger partial charge in [-0.25, -0.2) is 9.97 Å².